The van der Waals surface area contributed by atoms with Crippen molar-refractivity contribution in [3.8, 4) is 0 Å². The van der Waals surface area contributed by atoms with Gasteiger partial charge < -0.3 is 10.1 Å². The first kappa shape index (κ1) is 17.0. The van der Waals surface area contributed by atoms with Crippen LogP contribution in [-0.2, 0) is 11.3 Å². The van der Waals surface area contributed by atoms with Crippen LogP contribution in [0.5, 0.6) is 0 Å². The van der Waals surface area contributed by atoms with E-state index >= 15 is 0 Å². The lowest BCUT2D eigenvalue weighted by Crippen LogP contribution is -2.32. The molecule has 8 heteroatoms. The van der Waals surface area contributed by atoms with Crippen molar-refractivity contribution in [3.05, 3.63) is 44.0 Å². The van der Waals surface area contributed by atoms with E-state index < -0.39 is 9.85 Å². The second kappa shape index (κ2) is 8.28. The highest BCUT2D eigenvalue weighted by molar-refractivity contribution is 5.49. The van der Waals surface area contributed by atoms with Crippen LogP contribution in [0.15, 0.2) is 18.2 Å². The fraction of sp³-hybridized carbons (Fsp3) is 0.538. The molecule has 0 saturated heterocycles. The minimum Gasteiger partial charge on any atom is -0.383 e. The van der Waals surface area contributed by atoms with Gasteiger partial charge in [-0.3, -0.25) is 20.2 Å². The Hall–Kier alpha value is -2.06. The maximum Gasteiger partial charge on any atom is 0.280 e. The summed E-state index contributed by atoms with van der Waals surface area (Å²) in [5.74, 6) is 0. The molecule has 0 spiro atoms. The van der Waals surface area contributed by atoms with Crippen molar-refractivity contribution in [2.75, 3.05) is 13.7 Å². The van der Waals surface area contributed by atoms with Crippen LogP contribution < -0.4 is 5.32 Å². The predicted molar refractivity (Wildman–Crippen MR) is 77.2 cm³/mol. The van der Waals surface area contributed by atoms with E-state index in [1.54, 1.807) is 7.11 Å². The van der Waals surface area contributed by atoms with Crippen molar-refractivity contribution in [2.24, 2.45) is 0 Å². The zero-order chi connectivity index (χ0) is 15.8. The average molecular weight is 297 g/mol. The minimum atomic E-state index is -0.644. The second-order valence-corrected chi connectivity index (χ2v) is 4.65. The number of ether oxygens (including phenoxy) is 1. The Morgan fingerprint density at radius 3 is 2.52 bits per heavy atom. The van der Waals surface area contributed by atoms with Crippen LogP contribution in [0.2, 0.25) is 0 Å². The van der Waals surface area contributed by atoms with Gasteiger partial charge in [0.2, 0.25) is 0 Å². The smallest absolute Gasteiger partial charge is 0.280 e. The Morgan fingerprint density at radius 2 is 2.00 bits per heavy atom. The van der Waals surface area contributed by atoms with Crippen LogP contribution in [-0.4, -0.2) is 29.6 Å². The van der Waals surface area contributed by atoms with E-state index in [2.05, 4.69) is 5.32 Å². The van der Waals surface area contributed by atoms with Gasteiger partial charge in [-0.05, 0) is 12.5 Å². The number of nitro groups is 2. The molecule has 1 aromatic carbocycles. The number of nitro benzene ring substituents is 2. The number of hydrogen-bond donors (Lipinski definition) is 1. The lowest BCUT2D eigenvalue weighted by Gasteiger charge is -2.17. The van der Waals surface area contributed by atoms with Crippen molar-refractivity contribution >= 4 is 11.4 Å². The molecule has 0 heterocycles. The quantitative estimate of drug-likeness (QED) is 0.554. The van der Waals surface area contributed by atoms with Crippen LogP contribution >= 0.6 is 0 Å². The van der Waals surface area contributed by atoms with Gasteiger partial charge in [0.15, 0.2) is 0 Å². The molecule has 0 aliphatic carbocycles. The Balaban J connectivity index is 2.86. The molecule has 0 bridgehead atoms. The largest absolute Gasteiger partial charge is 0.383 e. The van der Waals surface area contributed by atoms with Crippen molar-refractivity contribution in [1.82, 2.24) is 5.32 Å². The van der Waals surface area contributed by atoms with Gasteiger partial charge in [-0.2, -0.15) is 0 Å². The number of benzene rings is 1. The Morgan fingerprint density at radius 1 is 1.29 bits per heavy atom. The van der Waals surface area contributed by atoms with Crippen LogP contribution in [0.1, 0.15) is 25.3 Å². The highest BCUT2D eigenvalue weighted by Gasteiger charge is 2.19. The predicted octanol–water partition coefficient (Wildman–Crippen LogP) is 2.41. The lowest BCUT2D eigenvalue weighted by atomic mass is 10.1. The van der Waals surface area contributed by atoms with Crippen molar-refractivity contribution in [3.63, 3.8) is 0 Å². The highest BCUT2D eigenvalue weighted by Crippen LogP contribution is 2.24. The summed E-state index contributed by atoms with van der Waals surface area (Å²) in [6.45, 7) is 2.82. The lowest BCUT2D eigenvalue weighted by molar-refractivity contribution is -0.394. The van der Waals surface area contributed by atoms with Gasteiger partial charge in [-0.1, -0.05) is 13.3 Å². The molecule has 116 valence electrons. The number of hydrogen-bond acceptors (Lipinski definition) is 6. The third-order valence-electron chi connectivity index (χ3n) is 3.06. The van der Waals surface area contributed by atoms with E-state index in [9.17, 15) is 20.2 Å². The molecular weight excluding hydrogens is 278 g/mol. The molecule has 0 fully saturated rings. The fourth-order valence-corrected chi connectivity index (χ4v) is 2.03. The Kier molecular flexibility index (Phi) is 6.70. The zero-order valence-electron chi connectivity index (χ0n) is 12.1. The van der Waals surface area contributed by atoms with Crippen molar-refractivity contribution < 1.29 is 14.6 Å². The average Bonchev–Trinajstić information content (AvgIpc) is 2.44. The van der Waals surface area contributed by atoms with E-state index in [4.69, 9.17) is 4.74 Å². The second-order valence-electron chi connectivity index (χ2n) is 4.65. The maximum atomic E-state index is 11.0. The molecule has 0 saturated carbocycles. The van der Waals surface area contributed by atoms with Gasteiger partial charge in [-0.25, -0.2) is 0 Å². The minimum absolute atomic E-state index is 0.0924. The number of nitrogens with zero attached hydrogens (tertiary/aromatic N) is 2. The summed E-state index contributed by atoms with van der Waals surface area (Å²) in [7, 11) is 1.60. The zero-order valence-corrected chi connectivity index (χ0v) is 12.1. The molecule has 0 aromatic heterocycles. The third kappa shape index (κ3) is 5.09. The summed E-state index contributed by atoms with van der Waals surface area (Å²) >= 11 is 0. The van der Waals surface area contributed by atoms with Crippen LogP contribution in [0.3, 0.4) is 0 Å². The Labute approximate surface area is 122 Å². The summed E-state index contributed by atoms with van der Waals surface area (Å²) < 4.78 is 5.09. The van der Waals surface area contributed by atoms with Gasteiger partial charge in [0, 0.05) is 31.3 Å². The van der Waals surface area contributed by atoms with Gasteiger partial charge in [0.1, 0.15) is 0 Å². The summed E-state index contributed by atoms with van der Waals surface area (Å²) in [5.41, 5.74) is -0.111. The maximum absolute atomic E-state index is 11.0. The molecule has 0 aliphatic heterocycles. The Bertz CT molecular complexity index is 501. The van der Waals surface area contributed by atoms with Crippen LogP contribution in [0.4, 0.5) is 11.4 Å². The fourth-order valence-electron chi connectivity index (χ4n) is 2.03. The van der Waals surface area contributed by atoms with E-state index in [0.29, 0.717) is 12.2 Å². The normalized spacial score (nSPS) is 12.1. The number of nitrogens with one attached hydrogen (secondary N) is 1. The standard InChI is InChI=1S/C13H19N3O5/c1-3-4-11(9-21-2)14-8-10-5-6-12(15(17)18)7-13(10)16(19)20/h5-7,11,14H,3-4,8-9H2,1-2H3. The topological polar surface area (TPSA) is 108 Å². The molecule has 1 unspecified atom stereocenters. The van der Waals surface area contributed by atoms with E-state index in [1.807, 2.05) is 6.92 Å². The first-order valence-electron chi connectivity index (χ1n) is 6.63. The van der Waals surface area contributed by atoms with Gasteiger partial charge >= 0.3 is 0 Å². The third-order valence-corrected chi connectivity index (χ3v) is 3.06. The van der Waals surface area contributed by atoms with Gasteiger partial charge in [0.05, 0.1) is 22.5 Å². The molecule has 1 atom stereocenters. The molecule has 0 amide bonds. The summed E-state index contributed by atoms with van der Waals surface area (Å²) in [6, 6.07) is 3.77. The first-order valence-corrected chi connectivity index (χ1v) is 6.63. The van der Waals surface area contributed by atoms with Crippen LogP contribution in [0, 0.1) is 20.2 Å². The monoisotopic (exact) mass is 297 g/mol. The SMILES string of the molecule is CCCC(COC)NCc1ccc([N+](=O)[O-])cc1[N+](=O)[O-]. The van der Waals surface area contributed by atoms with Crippen molar-refractivity contribution in [1.29, 1.82) is 0 Å². The van der Waals surface area contributed by atoms with Gasteiger partial charge in [-0.15, -0.1) is 0 Å². The van der Waals surface area contributed by atoms with Crippen LogP contribution in [0.25, 0.3) is 0 Å². The van der Waals surface area contributed by atoms with E-state index in [0.717, 1.165) is 18.9 Å². The number of methoxy groups -OCH3 is 1. The highest BCUT2D eigenvalue weighted by atomic mass is 16.6. The molecule has 8 nitrogen and oxygen atoms in total. The first-order chi connectivity index (χ1) is 9.99. The molecular formula is C13H19N3O5. The van der Waals surface area contributed by atoms with E-state index in [-0.39, 0.29) is 24.0 Å². The molecule has 1 rings (SSSR count). The van der Waals surface area contributed by atoms with Gasteiger partial charge in [0.25, 0.3) is 11.4 Å². The summed E-state index contributed by atoms with van der Waals surface area (Å²) in [4.78, 5) is 20.5. The van der Waals surface area contributed by atoms with E-state index in [1.165, 1.54) is 12.1 Å². The number of non-ortho nitro benzene ring substituents is 1. The summed E-state index contributed by atoms with van der Waals surface area (Å²) in [5, 5.41) is 24.9. The molecule has 0 aliphatic rings. The van der Waals surface area contributed by atoms with Crippen molar-refractivity contribution in [2.45, 2.75) is 32.4 Å². The molecule has 1 N–H and O–H groups in total. The summed E-state index contributed by atoms with van der Waals surface area (Å²) in [6.07, 6.45) is 1.85. The molecule has 0 radical (unpaired) electrons. The molecule has 1 aromatic rings. The number of rotatable bonds is 9. The molecule has 21 heavy (non-hydrogen) atoms.